The third-order valence-electron chi connectivity index (χ3n) is 2.64. The first-order valence-corrected chi connectivity index (χ1v) is 5.48. The van der Waals surface area contributed by atoms with Crippen molar-refractivity contribution < 1.29 is 14.3 Å². The summed E-state index contributed by atoms with van der Waals surface area (Å²) in [6.45, 7) is 0. The number of methoxy groups -OCH3 is 2. The highest BCUT2D eigenvalue weighted by molar-refractivity contribution is 5.77. The van der Waals surface area contributed by atoms with Crippen LogP contribution in [0.5, 0.6) is 11.5 Å². The van der Waals surface area contributed by atoms with Gasteiger partial charge in [0.05, 0.1) is 26.2 Å². The Kier molecular flexibility index (Phi) is 5.00. The number of carbonyl (C=O) groups is 1. The maximum absolute atomic E-state index is 11.3. The second-order valence-electron chi connectivity index (χ2n) is 3.67. The molecule has 0 aliphatic carbocycles. The van der Waals surface area contributed by atoms with Crippen molar-refractivity contribution in [2.75, 3.05) is 21.3 Å². The van der Waals surface area contributed by atoms with Gasteiger partial charge in [-0.05, 0) is 6.07 Å². The van der Waals surface area contributed by atoms with Crippen LogP contribution in [-0.2, 0) is 4.79 Å². The number of amides is 1. The molecule has 1 aromatic carbocycles. The molecule has 5 nitrogen and oxygen atoms in total. The molecule has 0 saturated carbocycles. The Bertz CT molecular complexity index is 466. The molecule has 0 aliphatic rings. The molecule has 0 aliphatic heterocycles. The lowest BCUT2D eigenvalue weighted by Crippen LogP contribution is -2.20. The number of ether oxygens (including phenoxy) is 2. The first-order chi connectivity index (χ1) is 8.65. The Balaban J connectivity index is 3.06. The largest absolute Gasteiger partial charge is 0.497 e. The number of hydrogen-bond donors (Lipinski definition) is 1. The van der Waals surface area contributed by atoms with E-state index in [2.05, 4.69) is 11.4 Å². The molecule has 1 rings (SSSR count). The molecular formula is C13H16N2O3. The highest BCUT2D eigenvalue weighted by Crippen LogP contribution is 2.31. The van der Waals surface area contributed by atoms with Crippen molar-refractivity contribution in [3.8, 4) is 17.6 Å². The van der Waals surface area contributed by atoms with Crippen molar-refractivity contribution in [1.29, 1.82) is 5.26 Å². The molecule has 0 bridgehead atoms. The third-order valence-corrected chi connectivity index (χ3v) is 2.64. The second kappa shape index (κ2) is 6.50. The standard InChI is InChI=1S/C13H16N2O3/c1-15-13(16)6-9(8-14)11-5-4-10(17-2)7-12(11)18-3/h4-5,7,9H,6H2,1-3H3,(H,15,16). The zero-order valence-electron chi connectivity index (χ0n) is 10.7. The Morgan fingerprint density at radius 3 is 2.67 bits per heavy atom. The summed E-state index contributed by atoms with van der Waals surface area (Å²) in [7, 11) is 4.62. The van der Waals surface area contributed by atoms with Crippen LogP contribution in [0.2, 0.25) is 0 Å². The van der Waals surface area contributed by atoms with E-state index < -0.39 is 5.92 Å². The van der Waals surface area contributed by atoms with Gasteiger partial charge in [-0.25, -0.2) is 0 Å². The first kappa shape index (κ1) is 13.8. The van der Waals surface area contributed by atoms with Crippen LogP contribution < -0.4 is 14.8 Å². The number of rotatable bonds is 5. The van der Waals surface area contributed by atoms with E-state index in [1.807, 2.05) is 0 Å². The van der Waals surface area contributed by atoms with Crippen molar-refractivity contribution in [2.24, 2.45) is 0 Å². The number of carbonyl (C=O) groups excluding carboxylic acids is 1. The summed E-state index contributed by atoms with van der Waals surface area (Å²) in [5.41, 5.74) is 0.685. The maximum Gasteiger partial charge on any atom is 0.221 e. The van der Waals surface area contributed by atoms with Crippen LogP contribution in [-0.4, -0.2) is 27.2 Å². The zero-order valence-corrected chi connectivity index (χ0v) is 10.7. The van der Waals surface area contributed by atoms with Crippen molar-refractivity contribution >= 4 is 5.91 Å². The van der Waals surface area contributed by atoms with Crippen LogP contribution in [0.4, 0.5) is 0 Å². The molecule has 0 aromatic heterocycles. The highest BCUT2D eigenvalue weighted by Gasteiger charge is 2.19. The average Bonchev–Trinajstić information content (AvgIpc) is 2.43. The lowest BCUT2D eigenvalue weighted by molar-refractivity contribution is -0.120. The number of nitrogens with one attached hydrogen (secondary N) is 1. The topological polar surface area (TPSA) is 71.4 Å². The Hall–Kier alpha value is -2.22. The van der Waals surface area contributed by atoms with Crippen molar-refractivity contribution in [2.45, 2.75) is 12.3 Å². The van der Waals surface area contributed by atoms with Gasteiger partial charge >= 0.3 is 0 Å². The molecule has 1 atom stereocenters. The van der Waals surface area contributed by atoms with Crippen LogP contribution >= 0.6 is 0 Å². The Morgan fingerprint density at radius 1 is 1.44 bits per heavy atom. The quantitative estimate of drug-likeness (QED) is 0.856. The Morgan fingerprint density at radius 2 is 2.17 bits per heavy atom. The second-order valence-corrected chi connectivity index (χ2v) is 3.67. The van der Waals surface area contributed by atoms with Gasteiger partial charge in [0.2, 0.25) is 5.91 Å². The minimum Gasteiger partial charge on any atom is -0.497 e. The van der Waals surface area contributed by atoms with Gasteiger partial charge in [0, 0.05) is 25.1 Å². The number of nitrogens with zero attached hydrogens (tertiary/aromatic N) is 1. The van der Waals surface area contributed by atoms with E-state index in [4.69, 9.17) is 14.7 Å². The van der Waals surface area contributed by atoms with Crippen molar-refractivity contribution in [3.05, 3.63) is 23.8 Å². The number of hydrogen-bond acceptors (Lipinski definition) is 4. The molecule has 18 heavy (non-hydrogen) atoms. The summed E-state index contributed by atoms with van der Waals surface area (Å²) in [6, 6.07) is 7.30. The summed E-state index contributed by atoms with van der Waals surface area (Å²) in [5, 5.41) is 11.7. The normalized spacial score (nSPS) is 11.2. The van der Waals surface area contributed by atoms with E-state index >= 15 is 0 Å². The summed E-state index contributed by atoms with van der Waals surface area (Å²) in [4.78, 5) is 11.3. The van der Waals surface area contributed by atoms with Gasteiger partial charge < -0.3 is 14.8 Å². The fourth-order valence-electron chi connectivity index (χ4n) is 1.62. The van der Waals surface area contributed by atoms with Gasteiger partial charge in [0.1, 0.15) is 11.5 Å². The molecule has 1 amide bonds. The lowest BCUT2D eigenvalue weighted by Gasteiger charge is -2.14. The van der Waals surface area contributed by atoms with Crippen LogP contribution in [0.3, 0.4) is 0 Å². The molecule has 0 spiro atoms. The molecule has 0 radical (unpaired) electrons. The zero-order chi connectivity index (χ0) is 13.5. The number of benzene rings is 1. The van der Waals surface area contributed by atoms with Gasteiger partial charge in [0.25, 0.3) is 0 Å². The minimum absolute atomic E-state index is 0.107. The minimum atomic E-state index is -0.536. The fourth-order valence-corrected chi connectivity index (χ4v) is 1.62. The van der Waals surface area contributed by atoms with Crippen LogP contribution in [0.25, 0.3) is 0 Å². The molecule has 5 heteroatoms. The van der Waals surface area contributed by atoms with Crippen molar-refractivity contribution in [3.63, 3.8) is 0 Å². The molecule has 96 valence electrons. The molecule has 0 saturated heterocycles. The smallest absolute Gasteiger partial charge is 0.221 e. The van der Waals surface area contributed by atoms with E-state index in [0.717, 1.165) is 0 Å². The van der Waals surface area contributed by atoms with E-state index in [1.165, 1.54) is 7.11 Å². The third kappa shape index (κ3) is 3.14. The molecule has 1 aromatic rings. The van der Waals surface area contributed by atoms with E-state index in [0.29, 0.717) is 17.1 Å². The summed E-state index contributed by atoms with van der Waals surface area (Å²) in [5.74, 6) is 0.474. The van der Waals surface area contributed by atoms with Crippen LogP contribution in [0.1, 0.15) is 17.9 Å². The summed E-state index contributed by atoms with van der Waals surface area (Å²) in [6.07, 6.45) is 0.107. The van der Waals surface area contributed by atoms with Crippen LogP contribution in [0, 0.1) is 11.3 Å². The molecule has 1 unspecified atom stereocenters. The maximum atomic E-state index is 11.3. The summed E-state index contributed by atoms with van der Waals surface area (Å²) >= 11 is 0. The van der Waals surface area contributed by atoms with Crippen molar-refractivity contribution in [1.82, 2.24) is 5.32 Å². The van der Waals surface area contributed by atoms with Crippen LogP contribution in [0.15, 0.2) is 18.2 Å². The van der Waals surface area contributed by atoms with Gasteiger partial charge in [-0.15, -0.1) is 0 Å². The Labute approximate surface area is 106 Å². The van der Waals surface area contributed by atoms with E-state index in [9.17, 15) is 4.79 Å². The average molecular weight is 248 g/mol. The first-order valence-electron chi connectivity index (χ1n) is 5.48. The predicted octanol–water partition coefficient (Wildman–Crippen LogP) is 1.45. The highest BCUT2D eigenvalue weighted by atomic mass is 16.5. The monoisotopic (exact) mass is 248 g/mol. The molecule has 1 N–H and O–H groups in total. The lowest BCUT2D eigenvalue weighted by atomic mass is 9.95. The molecular weight excluding hydrogens is 232 g/mol. The van der Waals surface area contributed by atoms with E-state index in [1.54, 1.807) is 32.4 Å². The SMILES string of the molecule is CNC(=O)CC(C#N)c1ccc(OC)cc1OC. The van der Waals surface area contributed by atoms with Gasteiger partial charge in [-0.2, -0.15) is 5.26 Å². The fraction of sp³-hybridized carbons (Fsp3) is 0.385. The molecule has 0 fully saturated rings. The van der Waals surface area contributed by atoms with Gasteiger partial charge in [-0.1, -0.05) is 6.07 Å². The predicted molar refractivity (Wildman–Crippen MR) is 66.6 cm³/mol. The number of nitriles is 1. The van der Waals surface area contributed by atoms with E-state index in [-0.39, 0.29) is 12.3 Å². The van der Waals surface area contributed by atoms with Gasteiger partial charge in [0.15, 0.2) is 0 Å². The molecule has 0 heterocycles. The summed E-state index contributed by atoms with van der Waals surface area (Å²) < 4.78 is 10.3. The van der Waals surface area contributed by atoms with Gasteiger partial charge in [-0.3, -0.25) is 4.79 Å².